The Labute approximate surface area is 174 Å². The lowest BCUT2D eigenvalue weighted by Gasteiger charge is -2.26. The number of morpholine rings is 1. The fourth-order valence-corrected chi connectivity index (χ4v) is 2.66. The minimum absolute atomic E-state index is 0. The van der Waals surface area contributed by atoms with E-state index >= 15 is 0 Å². The smallest absolute Gasteiger partial charge is 0.191 e. The molecule has 1 heterocycles. The Morgan fingerprint density at radius 2 is 1.96 bits per heavy atom. The number of ether oxygens (including phenoxy) is 2. The van der Waals surface area contributed by atoms with Crippen molar-refractivity contribution in [3.8, 4) is 0 Å². The third-order valence-electron chi connectivity index (χ3n) is 4.00. The van der Waals surface area contributed by atoms with Crippen molar-refractivity contribution in [1.82, 2.24) is 15.5 Å². The second-order valence-corrected chi connectivity index (χ2v) is 6.03. The molecule has 1 aromatic carbocycles. The maximum Gasteiger partial charge on any atom is 0.191 e. The maximum atomic E-state index is 5.69. The van der Waals surface area contributed by atoms with E-state index in [1.807, 2.05) is 18.2 Å². The van der Waals surface area contributed by atoms with Gasteiger partial charge >= 0.3 is 0 Å². The summed E-state index contributed by atoms with van der Waals surface area (Å²) < 4.78 is 11.1. The van der Waals surface area contributed by atoms with Crippen LogP contribution in [0.15, 0.2) is 35.3 Å². The van der Waals surface area contributed by atoms with Crippen molar-refractivity contribution in [2.75, 3.05) is 59.1 Å². The van der Waals surface area contributed by atoms with Crippen molar-refractivity contribution < 1.29 is 9.47 Å². The standard InChI is InChI=1S/C19H32N4O2.HI/c1-2-20-19(21-9-6-11-23-12-15-24-16-13-23)22-10-14-25-17-18-7-4-3-5-8-18;/h3-5,7-8H,2,6,9-17H2,1H3,(H2,20,21,22);1H. The van der Waals surface area contributed by atoms with Crippen molar-refractivity contribution in [1.29, 1.82) is 0 Å². The Bertz CT molecular complexity index is 482. The van der Waals surface area contributed by atoms with Crippen LogP contribution in [0.3, 0.4) is 0 Å². The number of hydrogen-bond acceptors (Lipinski definition) is 4. The average molecular weight is 476 g/mol. The summed E-state index contributed by atoms with van der Waals surface area (Å²) in [6.45, 7) is 10.7. The van der Waals surface area contributed by atoms with Crippen LogP contribution in [0, 0.1) is 0 Å². The molecule has 0 saturated carbocycles. The third-order valence-corrected chi connectivity index (χ3v) is 4.00. The molecule has 7 heteroatoms. The Hall–Kier alpha value is -0.900. The normalized spacial score (nSPS) is 15.3. The largest absolute Gasteiger partial charge is 0.379 e. The highest BCUT2D eigenvalue weighted by Crippen LogP contribution is 2.00. The molecule has 0 amide bonds. The van der Waals surface area contributed by atoms with Gasteiger partial charge in [0.2, 0.25) is 0 Å². The zero-order chi connectivity index (χ0) is 17.6. The van der Waals surface area contributed by atoms with Crippen LogP contribution >= 0.6 is 24.0 Å². The number of rotatable bonds is 10. The quantitative estimate of drug-likeness (QED) is 0.235. The summed E-state index contributed by atoms with van der Waals surface area (Å²) in [4.78, 5) is 7.08. The number of hydrogen-bond donors (Lipinski definition) is 2. The summed E-state index contributed by atoms with van der Waals surface area (Å²) >= 11 is 0. The summed E-state index contributed by atoms with van der Waals surface area (Å²) in [5.41, 5.74) is 1.20. The molecule has 1 aliphatic rings. The van der Waals surface area contributed by atoms with Gasteiger partial charge in [-0.25, -0.2) is 0 Å². The molecule has 0 aromatic heterocycles. The first-order valence-corrected chi connectivity index (χ1v) is 9.32. The molecule has 26 heavy (non-hydrogen) atoms. The van der Waals surface area contributed by atoms with E-state index in [1.54, 1.807) is 0 Å². The second kappa shape index (κ2) is 15.2. The first kappa shape index (κ1) is 23.1. The fourth-order valence-electron chi connectivity index (χ4n) is 2.66. The summed E-state index contributed by atoms with van der Waals surface area (Å²) in [5, 5.41) is 6.61. The molecule has 0 aliphatic carbocycles. The van der Waals surface area contributed by atoms with Crippen molar-refractivity contribution in [3.63, 3.8) is 0 Å². The van der Waals surface area contributed by atoms with Crippen molar-refractivity contribution >= 4 is 29.9 Å². The molecule has 2 rings (SSSR count). The van der Waals surface area contributed by atoms with Gasteiger partial charge in [-0.2, -0.15) is 0 Å². The van der Waals surface area contributed by atoms with E-state index in [0.29, 0.717) is 13.2 Å². The molecule has 0 radical (unpaired) electrons. The number of benzene rings is 1. The van der Waals surface area contributed by atoms with E-state index in [0.717, 1.165) is 64.9 Å². The molecule has 0 bridgehead atoms. The highest BCUT2D eigenvalue weighted by molar-refractivity contribution is 14.0. The summed E-state index contributed by atoms with van der Waals surface area (Å²) in [6.07, 6.45) is 1.07. The number of nitrogens with one attached hydrogen (secondary N) is 2. The number of guanidine groups is 1. The van der Waals surface area contributed by atoms with Gasteiger partial charge in [-0.15, -0.1) is 24.0 Å². The Morgan fingerprint density at radius 3 is 2.69 bits per heavy atom. The van der Waals surface area contributed by atoms with Gasteiger partial charge in [0.1, 0.15) is 0 Å². The van der Waals surface area contributed by atoms with Gasteiger partial charge in [0.25, 0.3) is 0 Å². The number of halogens is 1. The van der Waals surface area contributed by atoms with E-state index < -0.39 is 0 Å². The second-order valence-electron chi connectivity index (χ2n) is 6.03. The van der Waals surface area contributed by atoms with Crippen LogP contribution in [-0.2, 0) is 16.1 Å². The summed E-state index contributed by atoms with van der Waals surface area (Å²) in [6, 6.07) is 10.2. The lowest BCUT2D eigenvalue weighted by Crippen LogP contribution is -2.39. The molecule has 2 N–H and O–H groups in total. The molecule has 1 saturated heterocycles. The van der Waals surface area contributed by atoms with Crippen LogP contribution < -0.4 is 10.6 Å². The predicted octanol–water partition coefficient (Wildman–Crippen LogP) is 2.10. The van der Waals surface area contributed by atoms with Crippen molar-refractivity contribution in [2.24, 2.45) is 4.99 Å². The van der Waals surface area contributed by atoms with E-state index in [9.17, 15) is 0 Å². The zero-order valence-electron chi connectivity index (χ0n) is 15.8. The molecule has 6 nitrogen and oxygen atoms in total. The van der Waals surface area contributed by atoms with Crippen LogP contribution in [0.5, 0.6) is 0 Å². The van der Waals surface area contributed by atoms with Crippen LogP contribution in [0.4, 0.5) is 0 Å². The molecule has 0 spiro atoms. The topological polar surface area (TPSA) is 58.1 Å². The van der Waals surface area contributed by atoms with E-state index in [4.69, 9.17) is 9.47 Å². The van der Waals surface area contributed by atoms with E-state index in [1.165, 1.54) is 5.56 Å². The first-order valence-electron chi connectivity index (χ1n) is 9.32. The summed E-state index contributed by atoms with van der Waals surface area (Å²) in [5.74, 6) is 0.868. The first-order chi connectivity index (χ1) is 12.4. The fraction of sp³-hybridized carbons (Fsp3) is 0.632. The Balaban J connectivity index is 0.00000338. The Morgan fingerprint density at radius 1 is 1.19 bits per heavy atom. The molecule has 1 aliphatic heterocycles. The highest BCUT2D eigenvalue weighted by atomic mass is 127. The van der Waals surface area contributed by atoms with E-state index in [2.05, 4.69) is 39.6 Å². The van der Waals surface area contributed by atoms with Crippen LogP contribution in [0.1, 0.15) is 18.9 Å². The van der Waals surface area contributed by atoms with Crippen LogP contribution in [0.2, 0.25) is 0 Å². The van der Waals surface area contributed by atoms with Crippen molar-refractivity contribution in [3.05, 3.63) is 35.9 Å². The molecular weight excluding hydrogens is 443 g/mol. The monoisotopic (exact) mass is 476 g/mol. The van der Waals surface area contributed by atoms with Gasteiger partial charge in [0.15, 0.2) is 5.96 Å². The van der Waals surface area contributed by atoms with Gasteiger partial charge in [-0.05, 0) is 18.9 Å². The molecule has 1 aromatic rings. The highest BCUT2D eigenvalue weighted by Gasteiger charge is 2.08. The van der Waals surface area contributed by atoms with Gasteiger partial charge in [-0.3, -0.25) is 9.89 Å². The predicted molar refractivity (Wildman–Crippen MR) is 117 cm³/mol. The Kier molecular flexibility index (Phi) is 13.5. The molecule has 148 valence electrons. The van der Waals surface area contributed by atoms with Gasteiger partial charge in [-0.1, -0.05) is 30.3 Å². The number of nitrogens with zero attached hydrogens (tertiary/aromatic N) is 2. The van der Waals surface area contributed by atoms with Gasteiger partial charge in [0, 0.05) is 39.3 Å². The molecule has 0 unspecified atom stereocenters. The number of aliphatic imine (C=N–C) groups is 1. The lowest BCUT2D eigenvalue weighted by atomic mass is 10.2. The summed E-state index contributed by atoms with van der Waals surface area (Å²) in [7, 11) is 0. The SMILES string of the molecule is CCNC(=NCCCN1CCOCC1)NCCOCc1ccccc1.I. The molecule has 0 atom stereocenters. The minimum atomic E-state index is 0. The zero-order valence-corrected chi connectivity index (χ0v) is 18.1. The van der Waals surface area contributed by atoms with Crippen LogP contribution in [0.25, 0.3) is 0 Å². The van der Waals surface area contributed by atoms with E-state index in [-0.39, 0.29) is 24.0 Å². The molecule has 1 fully saturated rings. The van der Waals surface area contributed by atoms with Crippen molar-refractivity contribution in [2.45, 2.75) is 20.0 Å². The average Bonchev–Trinajstić information content (AvgIpc) is 2.66. The van der Waals surface area contributed by atoms with Crippen LogP contribution in [-0.4, -0.2) is 69.9 Å². The molecular formula is C19H33IN4O2. The maximum absolute atomic E-state index is 5.69. The van der Waals surface area contributed by atoms with Gasteiger partial charge in [0.05, 0.1) is 26.4 Å². The van der Waals surface area contributed by atoms with Gasteiger partial charge < -0.3 is 20.1 Å². The minimum Gasteiger partial charge on any atom is -0.379 e. The third kappa shape index (κ3) is 10.3. The lowest BCUT2D eigenvalue weighted by molar-refractivity contribution is 0.0377.